The number of likely N-dealkylation sites (tertiary alicyclic amines) is 1. The van der Waals surface area contributed by atoms with Crippen LogP contribution < -0.4 is 10.6 Å². The van der Waals surface area contributed by atoms with Gasteiger partial charge in [-0.25, -0.2) is 0 Å². The Hall–Kier alpha value is -3.16. The lowest BCUT2D eigenvalue weighted by Crippen LogP contribution is -2.46. The van der Waals surface area contributed by atoms with Gasteiger partial charge in [0.15, 0.2) is 0 Å². The van der Waals surface area contributed by atoms with Crippen LogP contribution in [0.15, 0.2) is 66.7 Å². The monoisotopic (exact) mass is 481 g/mol. The summed E-state index contributed by atoms with van der Waals surface area (Å²) in [6.07, 6.45) is 3.77. The molecular formula is C26H28ClN3O4. The number of allylic oxidation sites excluding steroid dienone is 1. The Labute approximate surface area is 203 Å². The van der Waals surface area contributed by atoms with E-state index < -0.39 is 29.8 Å². The van der Waals surface area contributed by atoms with Crippen molar-refractivity contribution in [1.29, 1.82) is 0 Å². The average Bonchev–Trinajstić information content (AvgIpc) is 3.13. The summed E-state index contributed by atoms with van der Waals surface area (Å²) in [5, 5.41) is 16.4. The van der Waals surface area contributed by atoms with E-state index in [0.29, 0.717) is 10.7 Å². The molecule has 178 valence electrons. The zero-order valence-corrected chi connectivity index (χ0v) is 19.8. The molecule has 0 saturated carbocycles. The van der Waals surface area contributed by atoms with E-state index in [0.717, 1.165) is 5.56 Å². The highest BCUT2D eigenvalue weighted by Gasteiger charge is 2.58. The molecule has 1 saturated heterocycles. The van der Waals surface area contributed by atoms with E-state index in [2.05, 4.69) is 10.6 Å². The predicted octanol–water partition coefficient (Wildman–Crippen LogP) is 3.02. The second-order valence-corrected chi connectivity index (χ2v) is 9.22. The van der Waals surface area contributed by atoms with Crippen molar-refractivity contribution in [3.63, 3.8) is 0 Å². The van der Waals surface area contributed by atoms with E-state index in [1.807, 2.05) is 49.4 Å². The summed E-state index contributed by atoms with van der Waals surface area (Å²) in [7, 11) is 1.55. The number of hydrogen-bond donors (Lipinski definition) is 3. The molecule has 2 aromatic rings. The number of benzene rings is 2. The lowest BCUT2D eigenvalue weighted by molar-refractivity contribution is -0.142. The molecule has 1 aliphatic carbocycles. The van der Waals surface area contributed by atoms with Crippen LogP contribution in [0, 0.1) is 23.7 Å². The number of nitrogens with zero attached hydrogens (tertiary/aromatic N) is 1. The van der Waals surface area contributed by atoms with Crippen LogP contribution in [0.3, 0.4) is 0 Å². The highest BCUT2D eigenvalue weighted by molar-refractivity contribution is 6.30. The van der Waals surface area contributed by atoms with Gasteiger partial charge >= 0.3 is 0 Å². The molecule has 2 aromatic carbocycles. The van der Waals surface area contributed by atoms with Crippen molar-refractivity contribution in [2.24, 2.45) is 23.7 Å². The Balaban J connectivity index is 1.77. The van der Waals surface area contributed by atoms with Gasteiger partial charge in [-0.2, -0.15) is 0 Å². The fraction of sp³-hybridized carbons (Fsp3) is 0.346. The molecule has 0 bridgehead atoms. The van der Waals surface area contributed by atoms with E-state index in [1.165, 1.54) is 4.90 Å². The lowest BCUT2D eigenvalue weighted by atomic mass is 9.70. The molecule has 7 nitrogen and oxygen atoms in total. The van der Waals surface area contributed by atoms with Crippen LogP contribution in [0.2, 0.25) is 5.02 Å². The molecule has 34 heavy (non-hydrogen) atoms. The Morgan fingerprint density at radius 3 is 2.35 bits per heavy atom. The minimum atomic E-state index is -0.901. The van der Waals surface area contributed by atoms with Gasteiger partial charge in [-0.1, -0.05) is 61.0 Å². The normalized spacial score (nSPS) is 26.6. The van der Waals surface area contributed by atoms with Crippen molar-refractivity contribution in [2.75, 3.05) is 19.0 Å². The third-order valence-corrected chi connectivity index (χ3v) is 7.08. The van der Waals surface area contributed by atoms with Crippen molar-refractivity contribution in [3.05, 3.63) is 77.3 Å². The molecule has 1 fully saturated rings. The number of hydrogen-bond acceptors (Lipinski definition) is 4. The molecule has 0 unspecified atom stereocenters. The Morgan fingerprint density at radius 1 is 1.06 bits per heavy atom. The maximum absolute atomic E-state index is 13.9. The summed E-state index contributed by atoms with van der Waals surface area (Å²) >= 11 is 5.97. The third-order valence-electron chi connectivity index (χ3n) is 6.83. The van der Waals surface area contributed by atoms with Crippen LogP contribution in [0.1, 0.15) is 18.5 Å². The number of carbonyl (C=O) groups is 3. The van der Waals surface area contributed by atoms with Crippen LogP contribution in [0.5, 0.6) is 0 Å². The molecule has 1 heterocycles. The van der Waals surface area contributed by atoms with Crippen LogP contribution in [0.25, 0.3) is 0 Å². The molecule has 0 spiro atoms. The molecule has 3 amide bonds. The van der Waals surface area contributed by atoms with Crippen LogP contribution in [0.4, 0.5) is 5.69 Å². The van der Waals surface area contributed by atoms with Gasteiger partial charge in [0.05, 0.1) is 24.5 Å². The van der Waals surface area contributed by atoms with E-state index in [4.69, 9.17) is 11.6 Å². The fourth-order valence-corrected chi connectivity index (χ4v) is 5.35. The second kappa shape index (κ2) is 9.99. The Morgan fingerprint density at radius 2 is 1.74 bits per heavy atom. The molecular weight excluding hydrogens is 454 g/mol. The summed E-state index contributed by atoms with van der Waals surface area (Å²) in [5.74, 6) is -2.94. The minimum Gasteiger partial charge on any atom is -0.394 e. The first-order valence-corrected chi connectivity index (χ1v) is 11.7. The van der Waals surface area contributed by atoms with Gasteiger partial charge in [-0.05, 0) is 35.7 Å². The number of carbonyl (C=O) groups excluding carboxylic acids is 3. The van der Waals surface area contributed by atoms with Gasteiger partial charge in [-0.15, -0.1) is 0 Å². The van der Waals surface area contributed by atoms with Gasteiger partial charge in [0.1, 0.15) is 6.04 Å². The quantitative estimate of drug-likeness (QED) is 0.552. The van der Waals surface area contributed by atoms with Gasteiger partial charge < -0.3 is 20.6 Å². The Bertz CT molecular complexity index is 1090. The summed E-state index contributed by atoms with van der Waals surface area (Å²) in [6.45, 7) is 1.54. The number of aliphatic hydroxyl groups is 1. The van der Waals surface area contributed by atoms with E-state index in [9.17, 15) is 19.5 Å². The molecule has 6 atom stereocenters. The summed E-state index contributed by atoms with van der Waals surface area (Å²) in [5.41, 5.74) is 1.26. The number of fused-ring (bicyclic) bond motifs is 1. The maximum atomic E-state index is 13.9. The number of rotatable bonds is 6. The van der Waals surface area contributed by atoms with Crippen LogP contribution in [-0.4, -0.2) is 47.4 Å². The van der Waals surface area contributed by atoms with Crippen molar-refractivity contribution in [1.82, 2.24) is 10.2 Å². The number of nitrogens with one attached hydrogen (secondary N) is 2. The molecule has 0 radical (unpaired) electrons. The van der Waals surface area contributed by atoms with Crippen molar-refractivity contribution >= 4 is 35.0 Å². The lowest BCUT2D eigenvalue weighted by Gasteiger charge is -2.33. The molecule has 2 aliphatic rings. The van der Waals surface area contributed by atoms with Gasteiger partial charge in [0.2, 0.25) is 17.7 Å². The zero-order chi connectivity index (χ0) is 24.4. The first-order valence-electron chi connectivity index (χ1n) is 11.3. The summed E-state index contributed by atoms with van der Waals surface area (Å²) < 4.78 is 0. The highest BCUT2D eigenvalue weighted by atomic mass is 35.5. The molecule has 4 rings (SSSR count). The summed E-state index contributed by atoms with van der Waals surface area (Å²) in [6, 6.07) is 14.2. The van der Waals surface area contributed by atoms with Crippen molar-refractivity contribution in [2.45, 2.75) is 19.0 Å². The van der Waals surface area contributed by atoms with Crippen LogP contribution >= 0.6 is 11.6 Å². The first kappa shape index (κ1) is 24.0. The van der Waals surface area contributed by atoms with Gasteiger partial charge in [0.25, 0.3) is 0 Å². The molecule has 8 heteroatoms. The second-order valence-electron chi connectivity index (χ2n) is 8.78. The van der Waals surface area contributed by atoms with E-state index in [1.54, 1.807) is 31.3 Å². The Kier molecular flexibility index (Phi) is 7.05. The number of amides is 3. The van der Waals surface area contributed by atoms with Crippen molar-refractivity contribution < 1.29 is 19.5 Å². The van der Waals surface area contributed by atoms with Gasteiger partial charge in [-0.3, -0.25) is 14.4 Å². The fourth-order valence-electron chi connectivity index (χ4n) is 5.22. The number of aliphatic hydroxyl groups excluding tert-OH is 1. The topological polar surface area (TPSA) is 98.7 Å². The SMILES string of the molecule is CNC(=O)[C@H]1[C@@H]2C(=O)N([C@H](CO)c3ccccc3)[C@H](C(=O)Nc3ccc(Cl)cc3)[C@H]2C=C[C@H]1C. The minimum absolute atomic E-state index is 0.172. The molecule has 0 aromatic heterocycles. The van der Waals surface area contributed by atoms with Crippen molar-refractivity contribution in [3.8, 4) is 0 Å². The number of anilines is 1. The number of halogens is 1. The summed E-state index contributed by atoms with van der Waals surface area (Å²) in [4.78, 5) is 41.8. The van der Waals surface area contributed by atoms with Gasteiger partial charge in [0, 0.05) is 23.7 Å². The van der Waals surface area contributed by atoms with Crippen LogP contribution in [-0.2, 0) is 14.4 Å². The zero-order valence-electron chi connectivity index (χ0n) is 19.0. The predicted molar refractivity (Wildman–Crippen MR) is 130 cm³/mol. The average molecular weight is 482 g/mol. The smallest absolute Gasteiger partial charge is 0.247 e. The largest absolute Gasteiger partial charge is 0.394 e. The molecule has 3 N–H and O–H groups in total. The molecule has 1 aliphatic heterocycles. The maximum Gasteiger partial charge on any atom is 0.247 e. The van der Waals surface area contributed by atoms with E-state index >= 15 is 0 Å². The standard InChI is InChI=1S/C26H28ClN3O4/c1-15-8-13-19-22(21(15)24(32)28-2)26(34)30(20(14-31)16-6-4-3-5-7-16)23(19)25(33)29-18-11-9-17(27)10-12-18/h3-13,15,19-23,31H,14H2,1-2H3,(H,28,32)(H,29,33)/t15-,19+,20-,21-,22-,23+/m1/s1. The van der Waals surface area contributed by atoms with E-state index in [-0.39, 0.29) is 30.2 Å². The highest BCUT2D eigenvalue weighted by Crippen LogP contribution is 2.46. The third kappa shape index (κ3) is 4.33. The first-order chi connectivity index (χ1) is 16.4.